The molecule has 0 radical (unpaired) electrons. The summed E-state index contributed by atoms with van der Waals surface area (Å²) in [5, 5.41) is 11.5. The number of halogens is 2. The van der Waals surface area contributed by atoms with Gasteiger partial charge in [0.2, 0.25) is 0 Å². The van der Waals surface area contributed by atoms with Gasteiger partial charge in [0, 0.05) is 13.0 Å². The van der Waals surface area contributed by atoms with Crippen molar-refractivity contribution in [1.82, 2.24) is 5.32 Å². The molecule has 5 heteroatoms. The number of aliphatic hydroxyl groups is 1. The molecule has 1 rings (SSSR count). The van der Waals surface area contributed by atoms with E-state index < -0.39 is 12.5 Å². The first kappa shape index (κ1) is 12.1. The van der Waals surface area contributed by atoms with Crippen LogP contribution in [0.3, 0.4) is 0 Å². The highest BCUT2D eigenvalue weighted by atomic mass is 19.3. The van der Waals surface area contributed by atoms with Crippen molar-refractivity contribution in [2.24, 2.45) is 0 Å². The molecule has 15 heavy (non-hydrogen) atoms. The number of hydrogen-bond donors (Lipinski definition) is 2. The van der Waals surface area contributed by atoms with Gasteiger partial charge < -0.3 is 14.8 Å². The predicted octanol–water partition coefficient (Wildman–Crippen LogP) is 1.56. The second kappa shape index (κ2) is 5.82. The van der Waals surface area contributed by atoms with Crippen molar-refractivity contribution in [3.05, 3.63) is 23.7 Å². The van der Waals surface area contributed by atoms with Crippen LogP contribution >= 0.6 is 0 Å². The Hall–Kier alpha value is -0.940. The van der Waals surface area contributed by atoms with Gasteiger partial charge in [0.15, 0.2) is 0 Å². The largest absolute Gasteiger partial charge is 0.465 e. The fraction of sp³-hybridized carbons (Fsp3) is 0.600. The van der Waals surface area contributed by atoms with E-state index in [0.29, 0.717) is 12.3 Å². The highest BCUT2D eigenvalue weighted by Gasteiger charge is 2.15. The summed E-state index contributed by atoms with van der Waals surface area (Å²) in [7, 11) is 0. The smallest absolute Gasteiger partial charge is 0.265 e. The topological polar surface area (TPSA) is 45.4 Å². The Morgan fingerprint density at radius 3 is 2.60 bits per heavy atom. The first-order valence-electron chi connectivity index (χ1n) is 4.88. The minimum Gasteiger partial charge on any atom is -0.465 e. The van der Waals surface area contributed by atoms with E-state index in [4.69, 9.17) is 9.52 Å². The molecule has 86 valence electrons. The molecule has 1 heterocycles. The number of hydrogen-bond acceptors (Lipinski definition) is 3. The fourth-order valence-corrected chi connectivity index (χ4v) is 1.14. The summed E-state index contributed by atoms with van der Waals surface area (Å²) in [6, 6.07) is 3.64. The third kappa shape index (κ3) is 3.97. The van der Waals surface area contributed by atoms with E-state index >= 15 is 0 Å². The number of rotatable bonds is 6. The zero-order valence-corrected chi connectivity index (χ0v) is 8.54. The summed E-state index contributed by atoms with van der Waals surface area (Å²) in [6.07, 6.45) is -3.52. The van der Waals surface area contributed by atoms with Crippen molar-refractivity contribution in [2.75, 3.05) is 6.54 Å². The minimum absolute atomic E-state index is 0.139. The van der Waals surface area contributed by atoms with Crippen LogP contribution in [0.5, 0.6) is 0 Å². The summed E-state index contributed by atoms with van der Waals surface area (Å²) < 4.78 is 29.1. The third-order valence-electron chi connectivity index (χ3n) is 2.01. The van der Waals surface area contributed by atoms with Gasteiger partial charge in [-0.05, 0) is 12.1 Å². The maximum absolute atomic E-state index is 11.9. The van der Waals surface area contributed by atoms with E-state index in [9.17, 15) is 8.78 Å². The molecule has 1 aromatic rings. The van der Waals surface area contributed by atoms with Crippen LogP contribution in [0.25, 0.3) is 0 Å². The molecule has 2 N–H and O–H groups in total. The summed E-state index contributed by atoms with van der Waals surface area (Å²) in [4.78, 5) is 0. The maximum atomic E-state index is 11.9. The molecule has 3 nitrogen and oxygen atoms in total. The Morgan fingerprint density at radius 1 is 1.40 bits per heavy atom. The average molecular weight is 219 g/mol. The maximum Gasteiger partial charge on any atom is 0.265 e. The van der Waals surface area contributed by atoms with Crippen LogP contribution in [-0.4, -0.2) is 24.2 Å². The molecule has 0 amide bonds. The normalized spacial score (nSPS) is 13.4. The van der Waals surface area contributed by atoms with Crippen LogP contribution < -0.4 is 5.32 Å². The number of alkyl halides is 2. The van der Waals surface area contributed by atoms with Crippen molar-refractivity contribution in [3.63, 3.8) is 0 Å². The average Bonchev–Trinajstić information content (AvgIpc) is 2.65. The molecule has 0 saturated carbocycles. The quantitative estimate of drug-likeness (QED) is 0.763. The van der Waals surface area contributed by atoms with Gasteiger partial charge in [-0.15, -0.1) is 0 Å². The lowest BCUT2D eigenvalue weighted by Crippen LogP contribution is -2.31. The lowest BCUT2D eigenvalue weighted by Gasteiger charge is -2.09. The lowest BCUT2D eigenvalue weighted by atomic mass is 10.3. The standard InChI is InChI=1S/C10H15F2NO2/c1-2-7-3-4-8(15-7)5-13-6-9(14)10(11)12/h3-4,9-10,13-14H,2,5-6H2,1H3. The molecule has 1 atom stereocenters. The van der Waals surface area contributed by atoms with Gasteiger partial charge in [-0.3, -0.25) is 0 Å². The van der Waals surface area contributed by atoms with E-state index in [2.05, 4.69) is 5.32 Å². The SMILES string of the molecule is CCc1ccc(CNCC(O)C(F)F)o1. The molecule has 0 aromatic carbocycles. The van der Waals surface area contributed by atoms with Crippen molar-refractivity contribution >= 4 is 0 Å². The van der Waals surface area contributed by atoms with Crippen molar-refractivity contribution in [2.45, 2.75) is 32.4 Å². The second-order valence-electron chi connectivity index (χ2n) is 3.25. The fourth-order valence-electron chi connectivity index (χ4n) is 1.14. The van der Waals surface area contributed by atoms with Crippen molar-refractivity contribution < 1.29 is 18.3 Å². The van der Waals surface area contributed by atoms with Crippen LogP contribution in [0.4, 0.5) is 8.78 Å². The molecule has 1 aromatic heterocycles. The molecular weight excluding hydrogens is 204 g/mol. The van der Waals surface area contributed by atoms with Crippen molar-refractivity contribution in [1.29, 1.82) is 0 Å². The Labute approximate surface area is 87.1 Å². The van der Waals surface area contributed by atoms with E-state index in [-0.39, 0.29) is 6.54 Å². The van der Waals surface area contributed by atoms with Gasteiger partial charge in [0.25, 0.3) is 6.43 Å². The number of aliphatic hydroxyl groups excluding tert-OH is 1. The van der Waals surface area contributed by atoms with Crippen molar-refractivity contribution in [3.8, 4) is 0 Å². The van der Waals surface area contributed by atoms with Gasteiger partial charge in [-0.25, -0.2) is 8.78 Å². The molecule has 0 saturated heterocycles. The third-order valence-corrected chi connectivity index (χ3v) is 2.01. The van der Waals surface area contributed by atoms with Gasteiger partial charge in [-0.1, -0.05) is 6.92 Å². The van der Waals surface area contributed by atoms with Gasteiger partial charge >= 0.3 is 0 Å². The Balaban J connectivity index is 2.25. The molecular formula is C10H15F2NO2. The molecule has 0 fully saturated rings. The lowest BCUT2D eigenvalue weighted by molar-refractivity contribution is -0.00360. The first-order chi connectivity index (χ1) is 7.13. The monoisotopic (exact) mass is 219 g/mol. The highest BCUT2D eigenvalue weighted by Crippen LogP contribution is 2.08. The van der Waals surface area contributed by atoms with E-state index in [1.807, 2.05) is 13.0 Å². The second-order valence-corrected chi connectivity index (χ2v) is 3.25. The minimum atomic E-state index is -2.71. The number of aryl methyl sites for hydroxylation is 1. The summed E-state index contributed by atoms with van der Waals surface area (Å²) in [5.74, 6) is 1.55. The Bertz CT molecular complexity index is 289. The molecule has 0 aliphatic rings. The van der Waals surface area contributed by atoms with Gasteiger partial charge in [0.1, 0.15) is 17.6 Å². The van der Waals surface area contributed by atoms with E-state index in [1.54, 1.807) is 6.07 Å². The Morgan fingerprint density at radius 2 is 2.07 bits per heavy atom. The zero-order valence-electron chi connectivity index (χ0n) is 8.54. The zero-order chi connectivity index (χ0) is 11.3. The van der Waals surface area contributed by atoms with Crippen LogP contribution in [-0.2, 0) is 13.0 Å². The summed E-state index contributed by atoms with van der Waals surface area (Å²) >= 11 is 0. The Kier molecular flexibility index (Phi) is 4.71. The van der Waals surface area contributed by atoms with Gasteiger partial charge in [0.05, 0.1) is 6.54 Å². The molecule has 0 spiro atoms. The predicted molar refractivity (Wildman–Crippen MR) is 51.8 cm³/mol. The van der Waals surface area contributed by atoms with E-state index in [1.165, 1.54) is 0 Å². The molecule has 1 unspecified atom stereocenters. The molecule has 0 aliphatic carbocycles. The summed E-state index contributed by atoms with van der Waals surface area (Å²) in [5.41, 5.74) is 0. The highest BCUT2D eigenvalue weighted by molar-refractivity contribution is 5.06. The number of furan rings is 1. The van der Waals surface area contributed by atoms with E-state index in [0.717, 1.165) is 12.2 Å². The summed E-state index contributed by atoms with van der Waals surface area (Å²) in [6.45, 7) is 2.18. The van der Waals surface area contributed by atoms with Crippen LogP contribution in [0.2, 0.25) is 0 Å². The van der Waals surface area contributed by atoms with Crippen LogP contribution in [0, 0.1) is 0 Å². The van der Waals surface area contributed by atoms with Crippen LogP contribution in [0.15, 0.2) is 16.5 Å². The van der Waals surface area contributed by atoms with Gasteiger partial charge in [-0.2, -0.15) is 0 Å². The molecule has 0 aliphatic heterocycles. The van der Waals surface area contributed by atoms with Crippen LogP contribution in [0.1, 0.15) is 18.4 Å². The number of nitrogens with one attached hydrogen (secondary N) is 1. The molecule has 0 bridgehead atoms. The first-order valence-corrected chi connectivity index (χ1v) is 4.88.